The zero-order valence-corrected chi connectivity index (χ0v) is 20.5. The third-order valence-corrected chi connectivity index (χ3v) is 6.94. The lowest BCUT2D eigenvalue weighted by molar-refractivity contribution is 0.00782. The van der Waals surface area contributed by atoms with Gasteiger partial charge in [-0.25, -0.2) is 0 Å². The fraction of sp³-hybridized carbons (Fsp3) is 0.483. The summed E-state index contributed by atoms with van der Waals surface area (Å²) in [5.74, 6) is 1.62. The lowest BCUT2D eigenvalue weighted by Gasteiger charge is -2.29. The van der Waals surface area contributed by atoms with E-state index in [2.05, 4.69) is 27.1 Å². The first-order valence-electron chi connectivity index (χ1n) is 13.1. The molecule has 1 aliphatic carbocycles. The summed E-state index contributed by atoms with van der Waals surface area (Å²) in [5, 5.41) is 15.4. The Kier molecular flexibility index (Phi) is 8.14. The van der Waals surface area contributed by atoms with E-state index in [-0.39, 0.29) is 0 Å². The molecule has 35 heavy (non-hydrogen) atoms. The molecule has 6 heteroatoms. The van der Waals surface area contributed by atoms with Crippen LogP contribution in [-0.4, -0.2) is 54.1 Å². The van der Waals surface area contributed by atoms with Crippen LogP contribution >= 0.6 is 0 Å². The van der Waals surface area contributed by atoms with Crippen molar-refractivity contribution in [2.24, 2.45) is 5.92 Å². The minimum absolute atomic E-state index is 0.324. The first kappa shape index (κ1) is 24.0. The van der Waals surface area contributed by atoms with Gasteiger partial charge in [0.25, 0.3) is 0 Å². The molecule has 0 spiro atoms. The van der Waals surface area contributed by atoms with E-state index in [1.54, 1.807) is 0 Å². The summed E-state index contributed by atoms with van der Waals surface area (Å²) in [5.41, 5.74) is 4.25. The molecule has 2 aromatic carbocycles. The third-order valence-electron chi connectivity index (χ3n) is 6.94. The molecule has 3 aromatic rings. The van der Waals surface area contributed by atoms with Gasteiger partial charge in [0, 0.05) is 38.3 Å². The zero-order valence-electron chi connectivity index (χ0n) is 20.5. The summed E-state index contributed by atoms with van der Waals surface area (Å²) in [6.07, 6.45) is 5.63. The van der Waals surface area contributed by atoms with Crippen molar-refractivity contribution in [2.75, 3.05) is 37.7 Å². The Morgan fingerprint density at radius 3 is 2.43 bits per heavy atom. The maximum atomic E-state index is 10.8. The number of piperidine rings is 1. The van der Waals surface area contributed by atoms with Crippen molar-refractivity contribution in [1.82, 2.24) is 10.1 Å². The molecular weight excluding hydrogens is 438 g/mol. The first-order chi connectivity index (χ1) is 17.3. The van der Waals surface area contributed by atoms with E-state index >= 15 is 0 Å². The van der Waals surface area contributed by atoms with Gasteiger partial charge >= 0.3 is 0 Å². The average molecular weight is 476 g/mol. The van der Waals surface area contributed by atoms with Crippen molar-refractivity contribution >= 4 is 5.88 Å². The lowest BCUT2D eigenvalue weighted by Crippen LogP contribution is -2.37. The van der Waals surface area contributed by atoms with Gasteiger partial charge in [-0.3, -0.25) is 4.90 Å². The second kappa shape index (κ2) is 11.8. The number of hydrogen-bond donors (Lipinski definition) is 1. The van der Waals surface area contributed by atoms with E-state index in [1.807, 2.05) is 48.5 Å². The highest BCUT2D eigenvalue weighted by atomic mass is 16.5. The molecule has 2 aliphatic rings. The monoisotopic (exact) mass is 475 g/mol. The van der Waals surface area contributed by atoms with Gasteiger partial charge in [-0.15, -0.1) is 0 Å². The molecule has 0 amide bonds. The highest BCUT2D eigenvalue weighted by molar-refractivity contribution is 5.68. The van der Waals surface area contributed by atoms with Crippen LogP contribution in [0.3, 0.4) is 0 Å². The molecule has 0 radical (unpaired) electrons. The van der Waals surface area contributed by atoms with E-state index in [1.165, 1.54) is 32.1 Å². The normalized spacial score (nSPS) is 17.1. The summed E-state index contributed by atoms with van der Waals surface area (Å²) in [6.45, 7) is 5.13. The Bertz CT molecular complexity index is 1030. The third kappa shape index (κ3) is 6.72. The summed E-state index contributed by atoms with van der Waals surface area (Å²) >= 11 is 0. The van der Waals surface area contributed by atoms with Crippen LogP contribution in [0.15, 0.2) is 65.2 Å². The number of benzene rings is 2. The zero-order chi connectivity index (χ0) is 23.9. The van der Waals surface area contributed by atoms with Crippen LogP contribution in [0.25, 0.3) is 11.3 Å². The minimum Gasteiger partial charge on any atom is -0.389 e. The van der Waals surface area contributed by atoms with Crippen LogP contribution in [-0.2, 0) is 17.9 Å². The van der Waals surface area contributed by atoms with Crippen molar-refractivity contribution < 1.29 is 14.4 Å². The van der Waals surface area contributed by atoms with Gasteiger partial charge in [-0.1, -0.05) is 65.8 Å². The highest BCUT2D eigenvalue weighted by Crippen LogP contribution is 2.35. The predicted molar refractivity (Wildman–Crippen MR) is 138 cm³/mol. The van der Waals surface area contributed by atoms with Gasteiger partial charge in [-0.2, -0.15) is 0 Å². The molecule has 0 bridgehead atoms. The molecular formula is C29H37N3O3. The predicted octanol–water partition coefficient (Wildman–Crippen LogP) is 5.12. The maximum absolute atomic E-state index is 10.8. The molecule has 5 rings (SSSR count). The summed E-state index contributed by atoms with van der Waals surface area (Å²) in [4.78, 5) is 4.73. The van der Waals surface area contributed by atoms with E-state index in [0.717, 1.165) is 47.9 Å². The summed E-state index contributed by atoms with van der Waals surface area (Å²) < 4.78 is 11.8. The Balaban J connectivity index is 1.30. The molecule has 1 saturated heterocycles. The smallest absolute Gasteiger partial charge is 0.232 e. The van der Waals surface area contributed by atoms with Crippen molar-refractivity contribution in [1.29, 1.82) is 0 Å². The highest BCUT2D eigenvalue weighted by Gasteiger charge is 2.29. The van der Waals surface area contributed by atoms with E-state index in [0.29, 0.717) is 32.2 Å². The molecule has 1 aliphatic heterocycles. The van der Waals surface area contributed by atoms with E-state index in [4.69, 9.17) is 9.26 Å². The molecule has 1 saturated carbocycles. The van der Waals surface area contributed by atoms with Crippen LogP contribution in [0.2, 0.25) is 0 Å². The topological polar surface area (TPSA) is 62.0 Å². The Labute approximate surface area is 208 Å². The largest absolute Gasteiger partial charge is 0.389 e. The van der Waals surface area contributed by atoms with Crippen molar-refractivity contribution in [3.8, 4) is 11.3 Å². The number of anilines is 1. The first-order valence-corrected chi connectivity index (χ1v) is 13.1. The number of nitrogens with zero attached hydrogens (tertiary/aromatic N) is 3. The molecule has 186 valence electrons. The van der Waals surface area contributed by atoms with Crippen molar-refractivity contribution in [3.05, 3.63) is 71.8 Å². The Morgan fingerprint density at radius 2 is 1.71 bits per heavy atom. The quantitative estimate of drug-likeness (QED) is 0.392. The number of ether oxygens (including phenoxy) is 1. The van der Waals surface area contributed by atoms with E-state index < -0.39 is 6.10 Å². The van der Waals surface area contributed by atoms with Gasteiger partial charge in [-0.05, 0) is 43.6 Å². The number of hydrogen-bond acceptors (Lipinski definition) is 6. The molecule has 6 nitrogen and oxygen atoms in total. The second-order valence-corrected chi connectivity index (χ2v) is 10.0. The number of aliphatic hydroxyl groups is 1. The van der Waals surface area contributed by atoms with Gasteiger partial charge in [0.2, 0.25) is 5.88 Å². The molecule has 1 atom stereocenters. The number of rotatable bonds is 12. The Hall–Kier alpha value is -2.67. The second-order valence-electron chi connectivity index (χ2n) is 10.0. The maximum Gasteiger partial charge on any atom is 0.232 e. The van der Waals surface area contributed by atoms with E-state index in [9.17, 15) is 5.11 Å². The fourth-order valence-corrected chi connectivity index (χ4v) is 4.94. The van der Waals surface area contributed by atoms with Crippen LogP contribution in [0.1, 0.15) is 43.2 Å². The van der Waals surface area contributed by atoms with Crippen molar-refractivity contribution in [3.63, 3.8) is 0 Å². The molecule has 2 heterocycles. The molecule has 1 aromatic heterocycles. The number of aliphatic hydroxyl groups excluding tert-OH is 1. The summed E-state index contributed by atoms with van der Waals surface area (Å²) in [6, 6.07) is 20.4. The summed E-state index contributed by atoms with van der Waals surface area (Å²) in [7, 11) is 0. The van der Waals surface area contributed by atoms with Crippen LogP contribution in [0.4, 0.5) is 5.88 Å². The SMILES string of the molecule is O[C@H](COCc1ccccc1)CN(Cc1c(-c2ccccc2)noc1N1CCCCC1)CC1CC1. The lowest BCUT2D eigenvalue weighted by atomic mass is 10.1. The molecule has 1 N–H and O–H groups in total. The number of aromatic nitrogens is 1. The van der Waals surface area contributed by atoms with Gasteiger partial charge in [0.15, 0.2) is 0 Å². The van der Waals surface area contributed by atoms with Crippen molar-refractivity contribution in [2.45, 2.75) is 51.4 Å². The van der Waals surface area contributed by atoms with Crippen LogP contribution in [0, 0.1) is 5.92 Å². The Morgan fingerprint density at radius 1 is 1.00 bits per heavy atom. The van der Waals surface area contributed by atoms with Crippen LogP contribution in [0.5, 0.6) is 0 Å². The van der Waals surface area contributed by atoms with Crippen LogP contribution < -0.4 is 4.90 Å². The van der Waals surface area contributed by atoms with Gasteiger partial charge in [0.05, 0.1) is 24.9 Å². The average Bonchev–Trinajstić information content (AvgIpc) is 3.62. The fourth-order valence-electron chi connectivity index (χ4n) is 4.94. The van der Waals surface area contributed by atoms with Gasteiger partial charge in [0.1, 0.15) is 5.69 Å². The standard InChI is InChI=1S/C29H37N3O3/c33-26(22-34-21-24-10-4-1-5-11-24)19-31(18-23-14-15-23)20-27-28(25-12-6-2-7-13-25)30-35-29(27)32-16-8-3-9-17-32/h1-2,4-7,10-13,23,26,33H,3,8-9,14-22H2/t26-/m0/s1. The van der Waals surface area contributed by atoms with Gasteiger partial charge < -0.3 is 19.3 Å². The molecule has 2 fully saturated rings. The molecule has 0 unspecified atom stereocenters. The minimum atomic E-state index is -0.545.